The predicted molar refractivity (Wildman–Crippen MR) is 29.0 cm³/mol. The van der Waals surface area contributed by atoms with Crippen LogP contribution < -0.4 is 0 Å². The quantitative estimate of drug-likeness (QED) is 0.357. The van der Waals surface area contributed by atoms with E-state index < -0.39 is 24.3 Å². The molecule has 0 radical (unpaired) electrons. The van der Waals surface area contributed by atoms with Crippen LogP contribution in [0, 0.1) is 0 Å². The summed E-state index contributed by atoms with van der Waals surface area (Å²) in [6.07, 6.45) is -4.31. The first-order chi connectivity index (χ1) is 4.63. The highest BCUT2D eigenvalue weighted by Gasteiger charge is 2.35. The van der Waals surface area contributed by atoms with E-state index >= 15 is 0 Å². The number of hydrogen-bond donors (Lipinski definition) is 3. The fraction of sp³-hybridized carbons (Fsp3) is 0.800. The molecule has 1 aliphatic heterocycles. The zero-order valence-corrected chi connectivity index (χ0v) is 5.10. The van der Waals surface area contributed by atoms with E-state index in [1.54, 1.807) is 0 Å². The van der Waals surface area contributed by atoms with Gasteiger partial charge >= 0.3 is 0 Å². The van der Waals surface area contributed by atoms with Crippen LogP contribution in [-0.4, -0.2) is 46.2 Å². The lowest BCUT2D eigenvalue weighted by Crippen LogP contribution is -2.49. The maximum atomic E-state index is 10.6. The summed E-state index contributed by atoms with van der Waals surface area (Å²) >= 11 is 0. The van der Waals surface area contributed by atoms with Gasteiger partial charge in [0.15, 0.2) is 0 Å². The predicted octanol–water partition coefficient (Wildman–Crippen LogP) is -2.37. The zero-order chi connectivity index (χ0) is 7.72. The molecule has 1 aliphatic rings. The molecular weight excluding hydrogens is 140 g/mol. The topological polar surface area (TPSA) is 87.0 Å². The average Bonchev–Trinajstić information content (AvgIpc) is 1.93. The van der Waals surface area contributed by atoms with E-state index in [1.807, 2.05) is 0 Å². The molecule has 10 heavy (non-hydrogen) atoms. The number of rotatable bonds is 0. The van der Waals surface area contributed by atoms with Gasteiger partial charge in [-0.25, -0.2) is 0 Å². The molecule has 0 aromatic rings. The van der Waals surface area contributed by atoms with Crippen molar-refractivity contribution >= 4 is 5.78 Å². The molecule has 3 N–H and O–H groups in total. The van der Waals surface area contributed by atoms with Gasteiger partial charge in [-0.3, -0.25) is 4.79 Å². The second kappa shape index (κ2) is 2.63. The number of Topliss-reactive ketones (excluding diaryl/α,β-unsaturated/α-hetero) is 1. The SMILES string of the molecule is O=C1C(O)OC[C@H](O)[C@H]1O. The van der Waals surface area contributed by atoms with Crippen molar-refractivity contribution in [1.82, 2.24) is 0 Å². The number of aliphatic hydroxyl groups is 3. The zero-order valence-electron chi connectivity index (χ0n) is 5.10. The molecular formula is C5H8O5. The molecule has 0 spiro atoms. The Kier molecular flexibility index (Phi) is 2.00. The van der Waals surface area contributed by atoms with Crippen molar-refractivity contribution in [3.63, 3.8) is 0 Å². The first kappa shape index (κ1) is 7.62. The van der Waals surface area contributed by atoms with Crippen LogP contribution in [0.4, 0.5) is 0 Å². The number of hydrogen-bond acceptors (Lipinski definition) is 5. The third-order valence-corrected chi connectivity index (χ3v) is 1.32. The monoisotopic (exact) mass is 148 g/mol. The Morgan fingerprint density at radius 1 is 1.40 bits per heavy atom. The van der Waals surface area contributed by atoms with Crippen molar-refractivity contribution < 1.29 is 24.9 Å². The van der Waals surface area contributed by atoms with Gasteiger partial charge in [0.05, 0.1) is 6.61 Å². The summed E-state index contributed by atoms with van der Waals surface area (Å²) in [7, 11) is 0. The van der Waals surface area contributed by atoms with Gasteiger partial charge in [0.1, 0.15) is 12.2 Å². The average molecular weight is 148 g/mol. The molecule has 5 nitrogen and oxygen atoms in total. The third-order valence-electron chi connectivity index (χ3n) is 1.32. The van der Waals surface area contributed by atoms with Gasteiger partial charge in [0.25, 0.3) is 0 Å². The Morgan fingerprint density at radius 3 is 2.50 bits per heavy atom. The smallest absolute Gasteiger partial charge is 0.219 e. The largest absolute Gasteiger partial charge is 0.388 e. The van der Waals surface area contributed by atoms with Crippen LogP contribution >= 0.6 is 0 Å². The molecule has 1 rings (SSSR count). The van der Waals surface area contributed by atoms with Gasteiger partial charge in [-0.1, -0.05) is 0 Å². The molecule has 0 bridgehead atoms. The molecule has 5 heteroatoms. The number of aliphatic hydroxyl groups excluding tert-OH is 3. The van der Waals surface area contributed by atoms with Crippen LogP contribution in [0.2, 0.25) is 0 Å². The van der Waals surface area contributed by atoms with Gasteiger partial charge in [-0.2, -0.15) is 0 Å². The summed E-state index contributed by atoms with van der Waals surface area (Å²) in [5.41, 5.74) is 0. The third kappa shape index (κ3) is 1.17. The molecule has 1 unspecified atom stereocenters. The van der Waals surface area contributed by atoms with E-state index in [-0.39, 0.29) is 6.61 Å². The van der Waals surface area contributed by atoms with Crippen LogP contribution in [0.1, 0.15) is 0 Å². The van der Waals surface area contributed by atoms with Crippen LogP contribution in [0.5, 0.6) is 0 Å². The molecule has 1 heterocycles. The summed E-state index contributed by atoms with van der Waals surface area (Å²) in [5.74, 6) is -0.890. The minimum Gasteiger partial charge on any atom is -0.388 e. The van der Waals surface area contributed by atoms with Crippen molar-refractivity contribution in [2.75, 3.05) is 6.61 Å². The number of ether oxygens (including phenoxy) is 1. The fourth-order valence-corrected chi connectivity index (χ4v) is 0.699. The molecule has 0 saturated carbocycles. The van der Waals surface area contributed by atoms with Crippen LogP contribution in [0.3, 0.4) is 0 Å². The van der Waals surface area contributed by atoms with Crippen molar-refractivity contribution in [2.24, 2.45) is 0 Å². The minimum atomic E-state index is -1.58. The Hall–Kier alpha value is -0.490. The van der Waals surface area contributed by atoms with Gasteiger partial charge < -0.3 is 20.1 Å². The fourth-order valence-electron chi connectivity index (χ4n) is 0.699. The van der Waals surface area contributed by atoms with Gasteiger partial charge in [0.2, 0.25) is 12.1 Å². The molecule has 1 saturated heterocycles. The molecule has 3 atom stereocenters. The lowest BCUT2D eigenvalue weighted by atomic mass is 10.1. The molecule has 58 valence electrons. The molecule has 0 aromatic carbocycles. The highest BCUT2D eigenvalue weighted by molar-refractivity contribution is 5.86. The Balaban J connectivity index is 2.60. The molecule has 1 fully saturated rings. The normalized spacial score (nSPS) is 41.9. The van der Waals surface area contributed by atoms with Gasteiger partial charge in [-0.05, 0) is 0 Å². The highest BCUT2D eigenvalue weighted by atomic mass is 16.6. The summed E-state index contributed by atoms with van der Waals surface area (Å²) < 4.78 is 4.37. The molecule has 0 amide bonds. The Bertz CT molecular complexity index is 145. The van der Waals surface area contributed by atoms with Crippen LogP contribution in [0.15, 0.2) is 0 Å². The summed E-state index contributed by atoms with van der Waals surface area (Å²) in [6, 6.07) is 0. The second-order valence-corrected chi connectivity index (χ2v) is 2.10. The van der Waals surface area contributed by atoms with Crippen molar-refractivity contribution in [1.29, 1.82) is 0 Å². The Morgan fingerprint density at radius 2 is 2.00 bits per heavy atom. The van der Waals surface area contributed by atoms with E-state index in [9.17, 15) is 4.79 Å². The van der Waals surface area contributed by atoms with Crippen LogP contribution in [0.25, 0.3) is 0 Å². The number of carbonyl (C=O) groups is 1. The van der Waals surface area contributed by atoms with Gasteiger partial charge in [-0.15, -0.1) is 0 Å². The lowest BCUT2D eigenvalue weighted by molar-refractivity contribution is -0.196. The first-order valence-electron chi connectivity index (χ1n) is 2.82. The maximum Gasteiger partial charge on any atom is 0.219 e. The molecule has 0 aromatic heterocycles. The lowest BCUT2D eigenvalue weighted by Gasteiger charge is -2.25. The Labute approximate surface area is 56.9 Å². The second-order valence-electron chi connectivity index (χ2n) is 2.10. The van der Waals surface area contributed by atoms with E-state index in [4.69, 9.17) is 15.3 Å². The highest BCUT2D eigenvalue weighted by Crippen LogP contribution is 2.08. The van der Waals surface area contributed by atoms with Crippen molar-refractivity contribution in [3.8, 4) is 0 Å². The summed E-state index contributed by atoms with van der Waals surface area (Å²) in [4.78, 5) is 10.6. The molecule has 0 aliphatic carbocycles. The standard InChI is InChI=1S/C5H8O5/c6-2-1-10-5(9)4(8)3(2)7/h2-3,5-7,9H,1H2/t2-,3+,5?/m0/s1. The number of carbonyl (C=O) groups excluding carboxylic acids is 1. The summed E-state index contributed by atoms with van der Waals surface area (Å²) in [5, 5.41) is 26.2. The summed E-state index contributed by atoms with van der Waals surface area (Å²) in [6.45, 7) is -0.214. The number of ketones is 1. The van der Waals surface area contributed by atoms with E-state index in [2.05, 4.69) is 4.74 Å². The van der Waals surface area contributed by atoms with Crippen LogP contribution in [-0.2, 0) is 9.53 Å². The van der Waals surface area contributed by atoms with Crippen molar-refractivity contribution in [3.05, 3.63) is 0 Å². The van der Waals surface area contributed by atoms with E-state index in [0.717, 1.165) is 0 Å². The van der Waals surface area contributed by atoms with E-state index in [0.29, 0.717) is 0 Å². The van der Waals surface area contributed by atoms with E-state index in [1.165, 1.54) is 0 Å². The minimum absolute atomic E-state index is 0.214. The van der Waals surface area contributed by atoms with Gasteiger partial charge in [0, 0.05) is 0 Å². The first-order valence-corrected chi connectivity index (χ1v) is 2.82. The van der Waals surface area contributed by atoms with Crippen molar-refractivity contribution in [2.45, 2.75) is 18.5 Å². The maximum absolute atomic E-state index is 10.6.